The fraction of sp³-hybridized carbons (Fsp3) is 0.667. The Morgan fingerprint density at radius 1 is 1.25 bits per heavy atom. The van der Waals surface area contributed by atoms with Gasteiger partial charge in [0.15, 0.2) is 0 Å². The number of alkyl halides is 2. The fourth-order valence-corrected chi connectivity index (χ4v) is 0.295. The molecule has 1 aliphatic heterocycles. The molecule has 0 aromatic heterocycles. The van der Waals surface area contributed by atoms with E-state index in [1.54, 1.807) is 0 Å². The molecule has 0 amide bonds. The summed E-state index contributed by atoms with van der Waals surface area (Å²) in [5.41, 5.74) is 0. The van der Waals surface area contributed by atoms with Gasteiger partial charge in [0.2, 0.25) is 0 Å². The minimum Gasteiger partial charge on any atom is -0.287 e. The number of carbonyl (C=O) groups excluding carboxylic acids is 1. The lowest BCUT2D eigenvalue weighted by molar-refractivity contribution is -0.335. The Morgan fingerprint density at radius 3 is 1.75 bits per heavy atom. The molecule has 2 unspecified atom stereocenters. The van der Waals surface area contributed by atoms with Gasteiger partial charge in [0.25, 0.3) is 18.5 Å². The average molecular weight is 124 g/mol. The van der Waals surface area contributed by atoms with Crippen molar-refractivity contribution >= 4 is 5.78 Å². The second kappa shape index (κ2) is 1.75. The van der Waals surface area contributed by atoms with Crippen LogP contribution in [0.4, 0.5) is 8.78 Å². The first-order valence-electron chi connectivity index (χ1n) is 1.86. The largest absolute Gasteiger partial charge is 0.294 e. The highest BCUT2D eigenvalue weighted by atomic mass is 19.2. The lowest BCUT2D eigenvalue weighted by atomic mass is 10.4. The summed E-state index contributed by atoms with van der Waals surface area (Å²) >= 11 is 0. The Bertz CT molecular complexity index is 103. The van der Waals surface area contributed by atoms with Crippen molar-refractivity contribution < 1.29 is 23.4 Å². The summed E-state index contributed by atoms with van der Waals surface area (Å²) in [7, 11) is 0. The summed E-state index contributed by atoms with van der Waals surface area (Å²) in [6.07, 6.45) is -4.49. The van der Waals surface area contributed by atoms with Crippen LogP contribution in [0.2, 0.25) is 0 Å². The van der Waals surface area contributed by atoms with Crippen LogP contribution >= 0.6 is 0 Å². The number of carbonyl (C=O) groups is 1. The summed E-state index contributed by atoms with van der Waals surface area (Å²) in [4.78, 5) is 16.9. The Balaban J connectivity index is 2.57. The quantitative estimate of drug-likeness (QED) is 0.430. The molecule has 3 nitrogen and oxygen atoms in total. The van der Waals surface area contributed by atoms with Crippen LogP contribution in [-0.4, -0.2) is 18.5 Å². The number of Topliss-reactive ketones (excluding diaryl/α,β-unsaturated/α-hetero) is 1. The predicted octanol–water partition coefficient (Wildman–Crippen LogP) is 0.108. The molecule has 0 spiro atoms. The van der Waals surface area contributed by atoms with E-state index in [1.807, 2.05) is 0 Å². The topological polar surface area (TPSA) is 35.5 Å². The van der Waals surface area contributed by atoms with Gasteiger partial charge in [-0.25, -0.2) is 8.78 Å². The van der Waals surface area contributed by atoms with Gasteiger partial charge in [0.05, 0.1) is 0 Å². The minimum atomic E-state index is -2.25. The maximum atomic E-state index is 11.6. The molecule has 1 heterocycles. The van der Waals surface area contributed by atoms with Crippen molar-refractivity contribution in [3.63, 3.8) is 0 Å². The van der Waals surface area contributed by atoms with Crippen molar-refractivity contribution in [2.75, 3.05) is 0 Å². The van der Waals surface area contributed by atoms with Gasteiger partial charge in [-0.05, 0) is 0 Å². The van der Waals surface area contributed by atoms with Crippen LogP contribution in [0.5, 0.6) is 0 Å². The number of halogens is 2. The van der Waals surface area contributed by atoms with Gasteiger partial charge in [-0.15, -0.1) is 0 Å². The molecule has 1 rings (SSSR count). The predicted molar refractivity (Wildman–Crippen MR) is 17.0 cm³/mol. The summed E-state index contributed by atoms with van der Waals surface area (Å²) in [5, 5.41) is 0. The van der Waals surface area contributed by atoms with E-state index in [1.165, 1.54) is 0 Å². The Hall–Kier alpha value is -0.550. The highest BCUT2D eigenvalue weighted by molar-refractivity contribution is 5.85. The first-order valence-corrected chi connectivity index (χ1v) is 1.86. The summed E-state index contributed by atoms with van der Waals surface area (Å²) in [6.45, 7) is 0. The minimum absolute atomic E-state index is 1.31. The summed E-state index contributed by atoms with van der Waals surface area (Å²) in [6, 6.07) is 0. The van der Waals surface area contributed by atoms with Gasteiger partial charge in [-0.2, -0.15) is 9.78 Å². The third-order valence-corrected chi connectivity index (χ3v) is 0.672. The zero-order valence-electron chi connectivity index (χ0n) is 3.64. The van der Waals surface area contributed by atoms with E-state index in [-0.39, 0.29) is 0 Å². The van der Waals surface area contributed by atoms with Crippen molar-refractivity contribution in [3.8, 4) is 0 Å². The molecule has 8 heavy (non-hydrogen) atoms. The van der Waals surface area contributed by atoms with E-state index in [2.05, 4.69) is 9.78 Å². The van der Waals surface area contributed by atoms with Crippen molar-refractivity contribution in [2.24, 2.45) is 0 Å². The zero-order chi connectivity index (χ0) is 6.15. The summed E-state index contributed by atoms with van der Waals surface area (Å²) < 4.78 is 23.3. The highest BCUT2D eigenvalue weighted by Crippen LogP contribution is 2.13. The van der Waals surface area contributed by atoms with Gasteiger partial charge in [-0.1, -0.05) is 0 Å². The van der Waals surface area contributed by atoms with E-state index in [9.17, 15) is 13.6 Å². The number of hydrogen-bond donors (Lipinski definition) is 0. The maximum absolute atomic E-state index is 11.6. The normalized spacial score (nSPS) is 38.5. The average Bonchev–Trinajstić information content (AvgIpc) is 1.98. The maximum Gasteiger partial charge on any atom is 0.294 e. The molecular weight excluding hydrogens is 122 g/mol. The fourth-order valence-electron chi connectivity index (χ4n) is 0.295. The van der Waals surface area contributed by atoms with Crippen LogP contribution in [0.25, 0.3) is 0 Å². The van der Waals surface area contributed by atoms with Crippen LogP contribution < -0.4 is 0 Å². The van der Waals surface area contributed by atoms with Crippen LogP contribution in [-0.2, 0) is 14.6 Å². The molecule has 1 fully saturated rings. The van der Waals surface area contributed by atoms with Crippen molar-refractivity contribution in [1.82, 2.24) is 0 Å². The SMILES string of the molecule is O=C1C(F)OOC1F. The molecular formula is C3H2F2O3. The molecule has 0 aromatic carbocycles. The van der Waals surface area contributed by atoms with E-state index in [4.69, 9.17) is 0 Å². The molecule has 1 saturated heterocycles. The lowest BCUT2D eigenvalue weighted by Gasteiger charge is -1.84. The van der Waals surface area contributed by atoms with Gasteiger partial charge in [0, 0.05) is 0 Å². The van der Waals surface area contributed by atoms with Crippen LogP contribution in [0.1, 0.15) is 0 Å². The first-order chi connectivity index (χ1) is 3.72. The molecule has 0 saturated carbocycles. The molecule has 0 bridgehead atoms. The Labute approximate surface area is 43.1 Å². The Kier molecular flexibility index (Phi) is 1.22. The van der Waals surface area contributed by atoms with Crippen molar-refractivity contribution in [1.29, 1.82) is 0 Å². The van der Waals surface area contributed by atoms with Crippen molar-refractivity contribution in [3.05, 3.63) is 0 Å². The molecule has 5 heteroatoms. The van der Waals surface area contributed by atoms with Crippen molar-refractivity contribution in [2.45, 2.75) is 12.7 Å². The van der Waals surface area contributed by atoms with E-state index in [0.717, 1.165) is 0 Å². The van der Waals surface area contributed by atoms with Crippen LogP contribution in [0, 0.1) is 0 Å². The molecule has 0 radical (unpaired) electrons. The van der Waals surface area contributed by atoms with Gasteiger partial charge in [0.1, 0.15) is 0 Å². The smallest absolute Gasteiger partial charge is 0.287 e. The van der Waals surface area contributed by atoms with Crippen LogP contribution in [0.15, 0.2) is 0 Å². The molecule has 1 aliphatic rings. The summed E-state index contributed by atoms with van der Waals surface area (Å²) in [5.74, 6) is -1.31. The van der Waals surface area contributed by atoms with E-state index < -0.39 is 18.5 Å². The number of rotatable bonds is 0. The third-order valence-electron chi connectivity index (χ3n) is 0.672. The second-order valence-corrected chi connectivity index (χ2v) is 1.23. The van der Waals surface area contributed by atoms with Gasteiger partial charge < -0.3 is 0 Å². The van der Waals surface area contributed by atoms with Gasteiger partial charge in [-0.3, -0.25) is 4.79 Å². The Morgan fingerprint density at radius 2 is 1.62 bits per heavy atom. The highest BCUT2D eigenvalue weighted by Gasteiger charge is 2.37. The molecule has 0 aliphatic carbocycles. The third kappa shape index (κ3) is 0.696. The first kappa shape index (κ1) is 5.58. The molecule has 0 aromatic rings. The standard InChI is InChI=1S/C3H2F2O3/c4-2-1(6)3(5)8-7-2/h2-3H. The molecule has 46 valence electrons. The monoisotopic (exact) mass is 124 g/mol. The second-order valence-electron chi connectivity index (χ2n) is 1.23. The number of ketones is 1. The molecule has 0 N–H and O–H groups in total. The lowest BCUT2D eigenvalue weighted by Crippen LogP contribution is -2.15. The van der Waals surface area contributed by atoms with E-state index in [0.29, 0.717) is 0 Å². The van der Waals surface area contributed by atoms with Crippen LogP contribution in [0.3, 0.4) is 0 Å². The zero-order valence-corrected chi connectivity index (χ0v) is 3.64. The van der Waals surface area contributed by atoms with Gasteiger partial charge >= 0.3 is 0 Å². The molecule has 2 atom stereocenters. The van der Waals surface area contributed by atoms with E-state index >= 15 is 0 Å². The number of hydrogen-bond acceptors (Lipinski definition) is 3.